The number of benzene rings is 2. The second-order valence-corrected chi connectivity index (χ2v) is 7.16. The Labute approximate surface area is 164 Å². The normalized spacial score (nSPS) is 15.1. The Hall–Kier alpha value is -3.15. The fourth-order valence-corrected chi connectivity index (χ4v) is 3.45. The summed E-state index contributed by atoms with van der Waals surface area (Å²) in [5.74, 6) is -1.26. The maximum atomic E-state index is 13.2. The van der Waals surface area contributed by atoms with E-state index in [1.54, 1.807) is 11.0 Å². The van der Waals surface area contributed by atoms with Crippen LogP contribution in [-0.2, 0) is 20.9 Å². The molecule has 6 nitrogen and oxygen atoms in total. The van der Waals surface area contributed by atoms with E-state index < -0.39 is 24.0 Å². The van der Waals surface area contributed by atoms with E-state index in [2.05, 4.69) is 5.32 Å². The molecule has 0 unspecified atom stereocenters. The van der Waals surface area contributed by atoms with Crippen LogP contribution in [0.25, 0.3) is 0 Å². The maximum absolute atomic E-state index is 13.2. The molecule has 0 aromatic heterocycles. The molecule has 0 bridgehead atoms. The highest BCUT2D eigenvalue weighted by atomic mass is 16.5. The molecule has 0 saturated carbocycles. The number of amides is 2. The molecular weight excluding hydrogens is 356 g/mol. The van der Waals surface area contributed by atoms with E-state index in [0.717, 1.165) is 5.56 Å². The molecule has 2 aromatic carbocycles. The Morgan fingerprint density at radius 2 is 1.68 bits per heavy atom. The zero-order valence-corrected chi connectivity index (χ0v) is 16.2. The van der Waals surface area contributed by atoms with Crippen LogP contribution in [0.3, 0.4) is 0 Å². The molecule has 0 spiro atoms. The van der Waals surface area contributed by atoms with Gasteiger partial charge in [-0.15, -0.1) is 0 Å². The largest absolute Gasteiger partial charge is 0.467 e. The molecule has 1 heterocycles. The van der Waals surface area contributed by atoms with Crippen molar-refractivity contribution in [3.8, 4) is 0 Å². The number of fused-ring (bicyclic) bond motifs is 1. The van der Waals surface area contributed by atoms with Gasteiger partial charge < -0.3 is 15.0 Å². The lowest BCUT2D eigenvalue weighted by molar-refractivity contribution is -0.147. The van der Waals surface area contributed by atoms with Gasteiger partial charge in [0.2, 0.25) is 5.91 Å². The number of rotatable bonds is 6. The van der Waals surface area contributed by atoms with Gasteiger partial charge >= 0.3 is 5.97 Å². The van der Waals surface area contributed by atoms with Crippen molar-refractivity contribution in [2.45, 2.75) is 32.5 Å². The first-order valence-corrected chi connectivity index (χ1v) is 9.26. The molecule has 0 aliphatic carbocycles. The number of hydrogen-bond acceptors (Lipinski definition) is 4. The number of carbonyl (C=O) groups excluding carboxylic acids is 3. The first-order valence-electron chi connectivity index (χ1n) is 9.26. The van der Waals surface area contributed by atoms with Crippen LogP contribution in [0.15, 0.2) is 54.6 Å². The summed E-state index contributed by atoms with van der Waals surface area (Å²) in [6.07, 6.45) is 0. The van der Waals surface area contributed by atoms with Gasteiger partial charge in [-0.25, -0.2) is 4.79 Å². The van der Waals surface area contributed by atoms with Crippen molar-refractivity contribution in [3.63, 3.8) is 0 Å². The van der Waals surface area contributed by atoms with Crippen molar-refractivity contribution in [1.29, 1.82) is 0 Å². The number of carbonyl (C=O) groups is 3. The summed E-state index contributed by atoms with van der Waals surface area (Å²) < 4.78 is 4.82. The summed E-state index contributed by atoms with van der Waals surface area (Å²) in [5, 5.41) is 2.78. The van der Waals surface area contributed by atoms with Gasteiger partial charge in [0.15, 0.2) is 0 Å². The Morgan fingerprint density at radius 3 is 2.29 bits per heavy atom. The summed E-state index contributed by atoms with van der Waals surface area (Å²) in [6.45, 7) is 4.00. The van der Waals surface area contributed by atoms with Gasteiger partial charge in [-0.2, -0.15) is 0 Å². The lowest BCUT2D eigenvalue weighted by Gasteiger charge is -2.29. The van der Waals surface area contributed by atoms with Crippen LogP contribution in [0.5, 0.6) is 0 Å². The van der Waals surface area contributed by atoms with Crippen LogP contribution >= 0.6 is 0 Å². The number of esters is 1. The average Bonchev–Trinajstić information content (AvgIpc) is 3.03. The minimum atomic E-state index is -0.841. The van der Waals surface area contributed by atoms with E-state index in [9.17, 15) is 14.4 Å². The van der Waals surface area contributed by atoms with Crippen LogP contribution in [0.4, 0.5) is 0 Å². The van der Waals surface area contributed by atoms with Gasteiger partial charge in [-0.05, 0) is 23.1 Å². The fourth-order valence-electron chi connectivity index (χ4n) is 3.45. The van der Waals surface area contributed by atoms with Gasteiger partial charge in [0.1, 0.15) is 12.1 Å². The lowest BCUT2D eigenvalue weighted by Crippen LogP contribution is -2.50. The third-order valence-electron chi connectivity index (χ3n) is 4.94. The summed E-state index contributed by atoms with van der Waals surface area (Å²) >= 11 is 0. The first-order chi connectivity index (χ1) is 13.4. The van der Waals surface area contributed by atoms with Crippen LogP contribution in [-0.4, -0.2) is 35.8 Å². The van der Waals surface area contributed by atoms with Crippen LogP contribution < -0.4 is 5.32 Å². The van der Waals surface area contributed by atoms with Crippen molar-refractivity contribution in [3.05, 3.63) is 71.3 Å². The van der Waals surface area contributed by atoms with E-state index in [1.807, 2.05) is 62.4 Å². The van der Waals surface area contributed by atoms with Crippen LogP contribution in [0.2, 0.25) is 0 Å². The van der Waals surface area contributed by atoms with E-state index in [1.165, 1.54) is 7.11 Å². The predicted octanol–water partition coefficient (Wildman–Crippen LogP) is 2.70. The molecule has 6 heteroatoms. The Bertz CT molecular complexity index is 879. The second-order valence-electron chi connectivity index (χ2n) is 7.16. The van der Waals surface area contributed by atoms with Gasteiger partial charge in [0.25, 0.3) is 5.91 Å². The number of nitrogens with one attached hydrogen (secondary N) is 1. The molecule has 2 aromatic rings. The van der Waals surface area contributed by atoms with Gasteiger partial charge in [0.05, 0.1) is 7.11 Å². The van der Waals surface area contributed by atoms with Crippen molar-refractivity contribution in [2.24, 2.45) is 5.92 Å². The zero-order chi connectivity index (χ0) is 20.3. The molecule has 28 heavy (non-hydrogen) atoms. The highest BCUT2D eigenvalue weighted by Crippen LogP contribution is 2.31. The van der Waals surface area contributed by atoms with E-state index in [-0.39, 0.29) is 11.8 Å². The summed E-state index contributed by atoms with van der Waals surface area (Å²) in [5.41, 5.74) is 2.17. The van der Waals surface area contributed by atoms with E-state index in [0.29, 0.717) is 17.7 Å². The molecule has 1 aliphatic heterocycles. The van der Waals surface area contributed by atoms with Gasteiger partial charge in [-0.3, -0.25) is 9.59 Å². The van der Waals surface area contributed by atoms with Crippen molar-refractivity contribution < 1.29 is 19.1 Å². The molecular formula is C22H24N2O4. The summed E-state index contributed by atoms with van der Waals surface area (Å²) in [7, 11) is 1.29. The molecule has 0 radical (unpaired) electrons. The predicted molar refractivity (Wildman–Crippen MR) is 104 cm³/mol. The molecule has 3 rings (SSSR count). The maximum Gasteiger partial charge on any atom is 0.328 e. The molecule has 1 N–H and O–H groups in total. The SMILES string of the molecule is COC(=O)[C@@H](NC(=O)[C@@H](c1ccccc1)N1Cc2ccccc2C1=O)C(C)C. The van der Waals surface area contributed by atoms with Gasteiger partial charge in [-0.1, -0.05) is 62.4 Å². The van der Waals surface area contributed by atoms with Crippen LogP contribution in [0.1, 0.15) is 41.4 Å². The highest BCUT2D eigenvalue weighted by molar-refractivity contribution is 6.01. The zero-order valence-electron chi connectivity index (χ0n) is 16.2. The van der Waals surface area contributed by atoms with E-state index in [4.69, 9.17) is 4.74 Å². The smallest absolute Gasteiger partial charge is 0.328 e. The van der Waals surface area contributed by atoms with Crippen LogP contribution in [0, 0.1) is 5.92 Å². The molecule has 0 fully saturated rings. The number of ether oxygens (including phenoxy) is 1. The Balaban J connectivity index is 1.94. The van der Waals surface area contributed by atoms with Crippen molar-refractivity contribution >= 4 is 17.8 Å². The highest BCUT2D eigenvalue weighted by Gasteiger charge is 2.38. The molecule has 2 amide bonds. The minimum Gasteiger partial charge on any atom is -0.467 e. The second kappa shape index (κ2) is 8.25. The van der Waals surface area contributed by atoms with E-state index >= 15 is 0 Å². The monoisotopic (exact) mass is 380 g/mol. The average molecular weight is 380 g/mol. The standard InChI is InChI=1S/C22H24N2O4/c1-14(2)18(22(27)28-3)23-20(25)19(15-9-5-4-6-10-15)24-13-16-11-7-8-12-17(16)21(24)26/h4-12,14,18-19H,13H2,1-3H3,(H,23,25)/t18-,19+/m0/s1. The molecule has 1 aliphatic rings. The first kappa shape index (κ1) is 19.6. The number of hydrogen-bond donors (Lipinski definition) is 1. The third-order valence-corrected chi connectivity index (χ3v) is 4.94. The van der Waals surface area contributed by atoms with Crippen molar-refractivity contribution in [2.75, 3.05) is 7.11 Å². The number of nitrogens with zero attached hydrogens (tertiary/aromatic N) is 1. The topological polar surface area (TPSA) is 75.7 Å². The molecule has 0 saturated heterocycles. The lowest BCUT2D eigenvalue weighted by atomic mass is 10.0. The van der Waals surface area contributed by atoms with Gasteiger partial charge in [0, 0.05) is 12.1 Å². The Kier molecular flexibility index (Phi) is 5.78. The quantitative estimate of drug-likeness (QED) is 0.782. The molecule has 2 atom stereocenters. The minimum absolute atomic E-state index is 0.153. The Morgan fingerprint density at radius 1 is 1.04 bits per heavy atom. The molecule has 146 valence electrons. The van der Waals surface area contributed by atoms with Crippen molar-refractivity contribution in [1.82, 2.24) is 10.2 Å². The summed E-state index contributed by atoms with van der Waals surface area (Å²) in [4.78, 5) is 39.9. The fraction of sp³-hybridized carbons (Fsp3) is 0.318. The third kappa shape index (κ3) is 3.76. The number of methoxy groups -OCH3 is 1. The summed E-state index contributed by atoms with van der Waals surface area (Å²) in [6, 6.07) is 14.8.